The first kappa shape index (κ1) is 14.7. The average Bonchev–Trinajstić information content (AvgIpc) is 2.35. The summed E-state index contributed by atoms with van der Waals surface area (Å²) in [5.74, 6) is -1.13. The predicted octanol–water partition coefficient (Wildman–Crippen LogP) is 2.58. The van der Waals surface area contributed by atoms with E-state index in [0.717, 1.165) is 5.56 Å². The number of benzene rings is 1. The van der Waals surface area contributed by atoms with Gasteiger partial charge >= 0.3 is 5.97 Å². The molecule has 0 bridgehead atoms. The second kappa shape index (κ2) is 5.98. The van der Waals surface area contributed by atoms with Gasteiger partial charge in [0.05, 0.1) is 11.3 Å². The van der Waals surface area contributed by atoms with E-state index in [4.69, 9.17) is 10.5 Å². The number of carboxylic acid groups (broad SMARTS) is 1. The van der Waals surface area contributed by atoms with Crippen molar-refractivity contribution >= 4 is 33.3 Å². The Labute approximate surface area is 118 Å². The van der Waals surface area contributed by atoms with Crippen LogP contribution in [0, 0.1) is 36.5 Å². The molecule has 0 fully saturated rings. The zero-order valence-electron chi connectivity index (χ0n) is 10.2. The van der Waals surface area contributed by atoms with E-state index < -0.39 is 5.97 Å². The number of hydrogen-bond donors (Lipinski definition) is 2. The van der Waals surface area contributed by atoms with E-state index in [0.29, 0.717) is 10.0 Å². The Morgan fingerprint density at radius 1 is 1.37 bits per heavy atom. The van der Waals surface area contributed by atoms with Crippen molar-refractivity contribution < 1.29 is 9.90 Å². The molecule has 0 amide bonds. The number of nitrogens with one attached hydrogen (secondary N) is 1. The summed E-state index contributed by atoms with van der Waals surface area (Å²) in [5.41, 5.74) is 3.76. The highest BCUT2D eigenvalue weighted by molar-refractivity contribution is 9.10. The number of nitrogens with zero attached hydrogens (tertiary/aromatic N) is 3. The molecule has 96 valence electrons. The molecule has 0 aliphatic rings. The first-order chi connectivity index (χ1) is 8.92. The lowest BCUT2D eigenvalue weighted by Crippen LogP contribution is -2.08. The van der Waals surface area contributed by atoms with Crippen LogP contribution in [0.2, 0.25) is 0 Å². The molecule has 2 N–H and O–H groups in total. The lowest BCUT2D eigenvalue weighted by Gasteiger charge is -2.13. The summed E-state index contributed by atoms with van der Waals surface area (Å²) in [6, 6.07) is 4.94. The number of hydrazone groups is 1. The van der Waals surface area contributed by atoms with Gasteiger partial charge in [-0.3, -0.25) is 5.43 Å². The fourth-order valence-electron chi connectivity index (χ4n) is 1.50. The second-order valence-electron chi connectivity index (χ2n) is 3.68. The van der Waals surface area contributed by atoms with Crippen molar-refractivity contribution in [3.05, 3.63) is 27.2 Å². The van der Waals surface area contributed by atoms with E-state index in [-0.39, 0.29) is 17.0 Å². The van der Waals surface area contributed by atoms with E-state index in [1.807, 2.05) is 0 Å². The van der Waals surface area contributed by atoms with Gasteiger partial charge in [0, 0.05) is 4.47 Å². The number of aryl methyl sites for hydroxylation is 2. The topological polar surface area (TPSA) is 109 Å². The number of aromatic carboxylic acids is 1. The van der Waals surface area contributed by atoms with Gasteiger partial charge in [-0.15, -0.1) is 0 Å². The molecule has 0 saturated heterocycles. The number of hydrogen-bond acceptors (Lipinski definition) is 5. The molecule has 6 nitrogen and oxygen atoms in total. The molecule has 0 spiro atoms. The summed E-state index contributed by atoms with van der Waals surface area (Å²) in [7, 11) is 0. The Hall–Kier alpha value is -2.38. The Morgan fingerprint density at radius 3 is 2.42 bits per heavy atom. The van der Waals surface area contributed by atoms with Crippen molar-refractivity contribution in [2.24, 2.45) is 5.10 Å². The number of rotatable bonds is 3. The SMILES string of the molecule is Cc1cc(C)c(NN=C(C#N)C#N)c(C(=O)O)c1Br. The summed E-state index contributed by atoms with van der Waals surface area (Å²) in [6.45, 7) is 3.48. The van der Waals surface area contributed by atoms with Crippen molar-refractivity contribution in [3.8, 4) is 12.1 Å². The van der Waals surface area contributed by atoms with Gasteiger partial charge in [-0.1, -0.05) is 6.07 Å². The third kappa shape index (κ3) is 3.09. The minimum absolute atomic E-state index is 0.0106. The maximum atomic E-state index is 11.3. The summed E-state index contributed by atoms with van der Waals surface area (Å²) >= 11 is 3.21. The predicted molar refractivity (Wildman–Crippen MR) is 72.9 cm³/mol. The monoisotopic (exact) mass is 320 g/mol. The highest BCUT2D eigenvalue weighted by Crippen LogP contribution is 2.31. The highest BCUT2D eigenvalue weighted by atomic mass is 79.9. The van der Waals surface area contributed by atoms with Gasteiger partial charge in [0.1, 0.15) is 12.1 Å². The minimum atomic E-state index is -1.13. The van der Waals surface area contributed by atoms with E-state index in [9.17, 15) is 9.90 Å². The molecule has 1 rings (SSSR count). The van der Waals surface area contributed by atoms with E-state index in [1.165, 1.54) is 0 Å². The van der Waals surface area contributed by atoms with Gasteiger partial charge in [0.2, 0.25) is 5.71 Å². The normalized spacial score (nSPS) is 9.11. The lowest BCUT2D eigenvalue weighted by molar-refractivity contribution is 0.0696. The molecule has 0 heterocycles. The van der Waals surface area contributed by atoms with Gasteiger partial charge in [-0.05, 0) is 40.9 Å². The maximum absolute atomic E-state index is 11.3. The molecule has 0 aliphatic heterocycles. The molecular formula is C12H9BrN4O2. The second-order valence-corrected chi connectivity index (χ2v) is 4.47. The first-order valence-corrected chi connectivity index (χ1v) is 5.88. The summed E-state index contributed by atoms with van der Waals surface area (Å²) in [6.07, 6.45) is 0. The van der Waals surface area contributed by atoms with Crippen LogP contribution in [0.4, 0.5) is 5.69 Å². The van der Waals surface area contributed by atoms with Gasteiger partial charge in [0.15, 0.2) is 0 Å². The van der Waals surface area contributed by atoms with Crippen molar-refractivity contribution in [3.63, 3.8) is 0 Å². The van der Waals surface area contributed by atoms with Crippen LogP contribution in [0.3, 0.4) is 0 Å². The van der Waals surface area contributed by atoms with Crippen LogP contribution in [-0.4, -0.2) is 16.8 Å². The van der Waals surface area contributed by atoms with Crippen LogP contribution < -0.4 is 5.43 Å². The zero-order valence-corrected chi connectivity index (χ0v) is 11.7. The molecular weight excluding hydrogens is 312 g/mol. The Balaban J connectivity index is 3.41. The molecule has 0 radical (unpaired) electrons. The maximum Gasteiger partial charge on any atom is 0.339 e. The van der Waals surface area contributed by atoms with Crippen LogP contribution >= 0.6 is 15.9 Å². The van der Waals surface area contributed by atoms with Crippen molar-refractivity contribution in [1.29, 1.82) is 10.5 Å². The number of carboxylic acids is 1. The Morgan fingerprint density at radius 2 is 1.95 bits per heavy atom. The lowest BCUT2D eigenvalue weighted by atomic mass is 10.0. The molecule has 0 aliphatic carbocycles. The largest absolute Gasteiger partial charge is 0.478 e. The van der Waals surface area contributed by atoms with Crippen molar-refractivity contribution in [2.75, 3.05) is 5.43 Å². The summed E-state index contributed by atoms with van der Waals surface area (Å²) in [4.78, 5) is 11.3. The number of halogens is 1. The molecule has 1 aromatic carbocycles. The van der Waals surface area contributed by atoms with Gasteiger partial charge < -0.3 is 5.11 Å². The molecule has 0 saturated carbocycles. The van der Waals surface area contributed by atoms with Crippen LogP contribution in [0.1, 0.15) is 21.5 Å². The number of anilines is 1. The molecule has 1 aromatic rings. The van der Waals surface area contributed by atoms with E-state index in [2.05, 4.69) is 26.5 Å². The van der Waals surface area contributed by atoms with Crippen LogP contribution in [-0.2, 0) is 0 Å². The van der Waals surface area contributed by atoms with Gasteiger partial charge in [-0.25, -0.2) is 4.79 Å². The summed E-state index contributed by atoms with van der Waals surface area (Å²) < 4.78 is 0.429. The quantitative estimate of drug-likeness (QED) is 0.657. The standard InChI is InChI=1S/C12H9BrN4O2/c1-6-3-7(2)11(9(10(6)13)12(18)19)17-16-8(4-14)5-15/h3,17H,1-2H3,(H,18,19). The first-order valence-electron chi connectivity index (χ1n) is 5.09. The van der Waals surface area contributed by atoms with Crippen LogP contribution in [0.5, 0.6) is 0 Å². The Kier molecular flexibility index (Phi) is 4.62. The third-order valence-electron chi connectivity index (χ3n) is 2.35. The van der Waals surface area contributed by atoms with Gasteiger partial charge in [0.25, 0.3) is 0 Å². The zero-order chi connectivity index (χ0) is 14.6. The third-order valence-corrected chi connectivity index (χ3v) is 3.37. The summed E-state index contributed by atoms with van der Waals surface area (Å²) in [5, 5.41) is 30.0. The molecule has 7 heteroatoms. The fourth-order valence-corrected chi connectivity index (χ4v) is 1.98. The molecule has 0 unspecified atom stereocenters. The fraction of sp³-hybridized carbons (Fsp3) is 0.167. The van der Waals surface area contributed by atoms with Crippen LogP contribution in [0.15, 0.2) is 15.6 Å². The highest BCUT2D eigenvalue weighted by Gasteiger charge is 2.18. The van der Waals surface area contributed by atoms with Gasteiger partial charge in [-0.2, -0.15) is 15.6 Å². The average molecular weight is 321 g/mol. The Bertz CT molecular complexity index is 637. The van der Waals surface area contributed by atoms with E-state index >= 15 is 0 Å². The number of carbonyl (C=O) groups is 1. The minimum Gasteiger partial charge on any atom is -0.478 e. The van der Waals surface area contributed by atoms with Crippen molar-refractivity contribution in [2.45, 2.75) is 13.8 Å². The molecule has 19 heavy (non-hydrogen) atoms. The molecule has 0 aromatic heterocycles. The number of nitriles is 2. The molecule has 0 atom stereocenters. The smallest absolute Gasteiger partial charge is 0.339 e. The van der Waals surface area contributed by atoms with Crippen molar-refractivity contribution in [1.82, 2.24) is 0 Å². The van der Waals surface area contributed by atoms with Crippen LogP contribution in [0.25, 0.3) is 0 Å². The van der Waals surface area contributed by atoms with E-state index in [1.54, 1.807) is 32.1 Å².